The molecule has 0 radical (unpaired) electrons. The number of hydrogen-bond acceptors (Lipinski definition) is 5. The van der Waals surface area contributed by atoms with Gasteiger partial charge in [0, 0.05) is 31.6 Å². The highest BCUT2D eigenvalue weighted by atomic mass is 16.5. The fourth-order valence-corrected chi connectivity index (χ4v) is 4.07. The van der Waals surface area contributed by atoms with Gasteiger partial charge in [-0.2, -0.15) is 0 Å². The molecule has 1 aromatic heterocycles. The van der Waals surface area contributed by atoms with E-state index in [0.29, 0.717) is 47.7 Å². The second kappa shape index (κ2) is 9.87. The number of carbonyl (C=O) groups is 2. The molecule has 1 N–H and O–H groups in total. The SMILES string of the molecule is CCCN1CCN(C(=O)c2oc3ccccc3c2NC(=O)c2ccccc2OCC)CC1. The van der Waals surface area contributed by atoms with Gasteiger partial charge < -0.3 is 19.4 Å². The topological polar surface area (TPSA) is 75.0 Å². The molecule has 7 heteroatoms. The number of hydrogen-bond donors (Lipinski definition) is 1. The van der Waals surface area contributed by atoms with Crippen LogP contribution < -0.4 is 10.1 Å². The molecule has 4 rings (SSSR count). The minimum absolute atomic E-state index is 0.164. The predicted molar refractivity (Wildman–Crippen MR) is 124 cm³/mol. The Hall–Kier alpha value is -3.32. The van der Waals surface area contributed by atoms with Crippen molar-refractivity contribution >= 4 is 28.5 Å². The van der Waals surface area contributed by atoms with Crippen LogP contribution in [0.3, 0.4) is 0 Å². The number of ether oxygens (including phenoxy) is 1. The Morgan fingerprint density at radius 2 is 1.72 bits per heavy atom. The largest absolute Gasteiger partial charge is 0.493 e. The number of nitrogens with zero attached hydrogens (tertiary/aromatic N) is 2. The molecule has 0 atom stereocenters. The van der Waals surface area contributed by atoms with Crippen LogP contribution in [-0.4, -0.2) is 60.9 Å². The van der Waals surface area contributed by atoms with Crippen LogP contribution in [-0.2, 0) is 0 Å². The molecule has 0 unspecified atom stereocenters. The summed E-state index contributed by atoms with van der Waals surface area (Å²) in [6, 6.07) is 14.4. The third kappa shape index (κ3) is 4.48. The van der Waals surface area contributed by atoms with Crippen molar-refractivity contribution in [2.24, 2.45) is 0 Å². The fraction of sp³-hybridized carbons (Fsp3) is 0.360. The van der Waals surface area contributed by atoms with Crippen LogP contribution in [0.2, 0.25) is 0 Å². The summed E-state index contributed by atoms with van der Waals surface area (Å²) in [5, 5.41) is 3.62. The molecular weight excluding hydrogens is 406 g/mol. The van der Waals surface area contributed by atoms with Crippen LogP contribution >= 0.6 is 0 Å². The van der Waals surface area contributed by atoms with E-state index < -0.39 is 0 Å². The maximum Gasteiger partial charge on any atom is 0.291 e. The highest BCUT2D eigenvalue weighted by Gasteiger charge is 2.29. The van der Waals surface area contributed by atoms with Crippen molar-refractivity contribution in [2.75, 3.05) is 44.6 Å². The zero-order chi connectivity index (χ0) is 22.5. The molecule has 2 aromatic carbocycles. The van der Waals surface area contributed by atoms with Crippen molar-refractivity contribution in [3.63, 3.8) is 0 Å². The molecule has 2 amide bonds. The lowest BCUT2D eigenvalue weighted by molar-refractivity contribution is 0.0610. The normalized spacial score (nSPS) is 14.5. The van der Waals surface area contributed by atoms with E-state index in [2.05, 4.69) is 17.1 Å². The molecule has 0 saturated carbocycles. The Labute approximate surface area is 187 Å². The Morgan fingerprint density at radius 1 is 1.00 bits per heavy atom. The quantitative estimate of drug-likeness (QED) is 0.600. The van der Waals surface area contributed by atoms with E-state index in [1.54, 1.807) is 29.2 Å². The number of para-hydroxylation sites is 2. The smallest absolute Gasteiger partial charge is 0.291 e. The van der Waals surface area contributed by atoms with Gasteiger partial charge in [-0.3, -0.25) is 14.5 Å². The first-order valence-corrected chi connectivity index (χ1v) is 11.2. The number of nitrogens with one attached hydrogen (secondary N) is 1. The zero-order valence-corrected chi connectivity index (χ0v) is 18.6. The van der Waals surface area contributed by atoms with Crippen molar-refractivity contribution in [2.45, 2.75) is 20.3 Å². The molecule has 168 valence electrons. The van der Waals surface area contributed by atoms with Crippen molar-refractivity contribution in [3.8, 4) is 5.75 Å². The number of furan rings is 1. The van der Waals surface area contributed by atoms with Crippen molar-refractivity contribution < 1.29 is 18.7 Å². The van der Waals surface area contributed by atoms with Gasteiger partial charge in [0.25, 0.3) is 11.8 Å². The minimum atomic E-state index is -0.345. The number of piperazine rings is 1. The van der Waals surface area contributed by atoms with Gasteiger partial charge in [-0.25, -0.2) is 0 Å². The maximum atomic E-state index is 13.4. The molecule has 2 heterocycles. The van der Waals surface area contributed by atoms with E-state index in [1.807, 2.05) is 31.2 Å². The van der Waals surface area contributed by atoms with E-state index in [9.17, 15) is 9.59 Å². The van der Waals surface area contributed by atoms with Crippen LogP contribution in [0.15, 0.2) is 52.9 Å². The maximum absolute atomic E-state index is 13.4. The number of benzene rings is 2. The summed E-state index contributed by atoms with van der Waals surface area (Å²) in [6.07, 6.45) is 1.09. The van der Waals surface area contributed by atoms with Crippen molar-refractivity contribution in [3.05, 3.63) is 59.9 Å². The van der Waals surface area contributed by atoms with Crippen LogP contribution in [0.4, 0.5) is 5.69 Å². The minimum Gasteiger partial charge on any atom is -0.493 e. The van der Waals surface area contributed by atoms with Gasteiger partial charge in [-0.05, 0) is 44.2 Å². The monoisotopic (exact) mass is 435 g/mol. The van der Waals surface area contributed by atoms with E-state index in [1.165, 1.54) is 0 Å². The van der Waals surface area contributed by atoms with Gasteiger partial charge in [0.15, 0.2) is 0 Å². The van der Waals surface area contributed by atoms with Gasteiger partial charge >= 0.3 is 0 Å². The summed E-state index contributed by atoms with van der Waals surface area (Å²) >= 11 is 0. The summed E-state index contributed by atoms with van der Waals surface area (Å²) in [6.45, 7) is 8.46. The number of rotatable bonds is 7. The second-order valence-corrected chi connectivity index (χ2v) is 7.82. The number of fused-ring (bicyclic) bond motifs is 1. The molecule has 0 bridgehead atoms. The van der Waals surface area contributed by atoms with Crippen molar-refractivity contribution in [1.82, 2.24) is 9.80 Å². The number of carbonyl (C=O) groups excluding carboxylic acids is 2. The Balaban J connectivity index is 1.63. The Morgan fingerprint density at radius 3 is 2.47 bits per heavy atom. The van der Waals surface area contributed by atoms with Crippen LogP contribution in [0.5, 0.6) is 5.75 Å². The van der Waals surface area contributed by atoms with Gasteiger partial charge in [0.05, 0.1) is 12.2 Å². The molecule has 1 fully saturated rings. The van der Waals surface area contributed by atoms with E-state index in [0.717, 1.165) is 26.1 Å². The number of amides is 2. The van der Waals surface area contributed by atoms with E-state index >= 15 is 0 Å². The fourth-order valence-electron chi connectivity index (χ4n) is 4.07. The first-order chi connectivity index (χ1) is 15.6. The standard InChI is InChI=1S/C25H29N3O4/c1-3-13-27-14-16-28(17-15-27)25(30)23-22(18-9-5-8-12-21(18)32-23)26-24(29)19-10-6-7-11-20(19)31-4-2/h5-12H,3-4,13-17H2,1-2H3,(H,26,29). The summed E-state index contributed by atoms with van der Waals surface area (Å²) in [4.78, 5) is 30.7. The molecule has 1 aliphatic rings. The van der Waals surface area contributed by atoms with Gasteiger partial charge in [0.2, 0.25) is 5.76 Å². The third-order valence-corrected chi connectivity index (χ3v) is 5.66. The van der Waals surface area contributed by atoms with Gasteiger partial charge in [0.1, 0.15) is 17.0 Å². The van der Waals surface area contributed by atoms with Gasteiger partial charge in [-0.15, -0.1) is 0 Å². The first kappa shape index (κ1) is 21.9. The molecular formula is C25H29N3O4. The van der Waals surface area contributed by atoms with Crippen LogP contribution in [0.25, 0.3) is 11.0 Å². The van der Waals surface area contributed by atoms with Crippen LogP contribution in [0.1, 0.15) is 41.2 Å². The predicted octanol–water partition coefficient (Wildman–Crippen LogP) is 4.25. The molecule has 1 aliphatic heterocycles. The Bertz CT molecular complexity index is 1100. The lowest BCUT2D eigenvalue weighted by atomic mass is 10.1. The first-order valence-electron chi connectivity index (χ1n) is 11.2. The Kier molecular flexibility index (Phi) is 6.75. The molecule has 7 nitrogen and oxygen atoms in total. The van der Waals surface area contributed by atoms with E-state index in [4.69, 9.17) is 9.15 Å². The van der Waals surface area contributed by atoms with E-state index in [-0.39, 0.29) is 17.6 Å². The average Bonchev–Trinajstić information content (AvgIpc) is 3.18. The van der Waals surface area contributed by atoms with Crippen LogP contribution in [0, 0.1) is 0 Å². The highest BCUT2D eigenvalue weighted by molar-refractivity contribution is 6.15. The lowest BCUT2D eigenvalue weighted by Gasteiger charge is -2.34. The third-order valence-electron chi connectivity index (χ3n) is 5.66. The molecule has 32 heavy (non-hydrogen) atoms. The molecule has 0 aliphatic carbocycles. The molecule has 1 saturated heterocycles. The number of anilines is 1. The summed E-state index contributed by atoms with van der Waals surface area (Å²) in [5.74, 6) is 0.116. The van der Waals surface area contributed by atoms with Crippen molar-refractivity contribution in [1.29, 1.82) is 0 Å². The second-order valence-electron chi connectivity index (χ2n) is 7.82. The summed E-state index contributed by atoms with van der Waals surface area (Å²) in [5.41, 5.74) is 1.37. The lowest BCUT2D eigenvalue weighted by Crippen LogP contribution is -2.48. The molecule has 0 spiro atoms. The highest BCUT2D eigenvalue weighted by Crippen LogP contribution is 2.33. The average molecular weight is 436 g/mol. The summed E-state index contributed by atoms with van der Waals surface area (Å²) in [7, 11) is 0. The summed E-state index contributed by atoms with van der Waals surface area (Å²) < 4.78 is 11.6. The van der Waals surface area contributed by atoms with Gasteiger partial charge in [-0.1, -0.05) is 31.2 Å². The molecule has 3 aromatic rings. The zero-order valence-electron chi connectivity index (χ0n) is 18.6.